The SMILES string of the molecule is C=C(CCOC)CCN(CCC)CCN1CCOCC1. The Hall–Kier alpha value is -0.420. The number of morpholine rings is 1. The number of hydrogen-bond acceptors (Lipinski definition) is 4. The maximum absolute atomic E-state index is 5.39. The molecule has 118 valence electrons. The van der Waals surface area contributed by atoms with Gasteiger partial charge in [-0.2, -0.15) is 0 Å². The molecule has 0 bridgehead atoms. The zero-order valence-corrected chi connectivity index (χ0v) is 13.4. The van der Waals surface area contributed by atoms with Gasteiger partial charge in [0.1, 0.15) is 0 Å². The molecular formula is C16H32N2O2. The van der Waals surface area contributed by atoms with E-state index in [1.807, 2.05) is 0 Å². The Kier molecular flexibility index (Phi) is 9.93. The van der Waals surface area contributed by atoms with Crippen LogP contribution in [0.15, 0.2) is 12.2 Å². The van der Waals surface area contributed by atoms with Gasteiger partial charge in [0, 0.05) is 46.4 Å². The average molecular weight is 284 g/mol. The van der Waals surface area contributed by atoms with Crippen molar-refractivity contribution in [1.29, 1.82) is 0 Å². The van der Waals surface area contributed by atoms with Crippen LogP contribution in [0.1, 0.15) is 26.2 Å². The lowest BCUT2D eigenvalue weighted by atomic mass is 10.1. The summed E-state index contributed by atoms with van der Waals surface area (Å²) >= 11 is 0. The van der Waals surface area contributed by atoms with E-state index in [1.54, 1.807) is 7.11 Å². The molecule has 1 rings (SSSR count). The Morgan fingerprint density at radius 1 is 1.20 bits per heavy atom. The molecule has 4 heteroatoms. The van der Waals surface area contributed by atoms with E-state index < -0.39 is 0 Å². The van der Waals surface area contributed by atoms with Crippen molar-refractivity contribution in [3.05, 3.63) is 12.2 Å². The number of rotatable bonds is 11. The van der Waals surface area contributed by atoms with Gasteiger partial charge in [-0.05, 0) is 25.8 Å². The van der Waals surface area contributed by atoms with Gasteiger partial charge in [0.05, 0.1) is 13.2 Å². The molecule has 0 atom stereocenters. The van der Waals surface area contributed by atoms with E-state index >= 15 is 0 Å². The van der Waals surface area contributed by atoms with E-state index in [9.17, 15) is 0 Å². The van der Waals surface area contributed by atoms with Gasteiger partial charge in [0.25, 0.3) is 0 Å². The predicted octanol–water partition coefficient (Wildman–Crippen LogP) is 2.01. The number of ether oxygens (including phenoxy) is 2. The fourth-order valence-electron chi connectivity index (χ4n) is 2.45. The van der Waals surface area contributed by atoms with E-state index in [0.717, 1.165) is 65.4 Å². The quantitative estimate of drug-likeness (QED) is 0.542. The largest absolute Gasteiger partial charge is 0.384 e. The molecule has 1 heterocycles. The number of methoxy groups -OCH3 is 1. The van der Waals surface area contributed by atoms with Crippen LogP contribution in [-0.4, -0.2) is 76.0 Å². The summed E-state index contributed by atoms with van der Waals surface area (Å²) in [6.07, 6.45) is 3.29. The summed E-state index contributed by atoms with van der Waals surface area (Å²) in [7, 11) is 1.75. The van der Waals surface area contributed by atoms with Crippen LogP contribution in [-0.2, 0) is 9.47 Å². The molecule has 20 heavy (non-hydrogen) atoms. The second-order valence-electron chi connectivity index (χ2n) is 5.54. The van der Waals surface area contributed by atoms with Crippen LogP contribution in [0.4, 0.5) is 0 Å². The van der Waals surface area contributed by atoms with E-state index in [2.05, 4.69) is 23.3 Å². The van der Waals surface area contributed by atoms with Crippen molar-refractivity contribution in [3.8, 4) is 0 Å². The molecule has 0 amide bonds. The summed E-state index contributed by atoms with van der Waals surface area (Å²) in [6, 6.07) is 0. The molecule has 0 aromatic rings. The molecule has 0 N–H and O–H groups in total. The highest BCUT2D eigenvalue weighted by Crippen LogP contribution is 2.07. The molecular weight excluding hydrogens is 252 g/mol. The van der Waals surface area contributed by atoms with Crippen LogP contribution in [0.3, 0.4) is 0 Å². The minimum atomic E-state index is 0.792. The number of nitrogens with zero attached hydrogens (tertiary/aromatic N) is 2. The summed E-state index contributed by atoms with van der Waals surface area (Å²) in [5.41, 5.74) is 1.30. The molecule has 4 nitrogen and oxygen atoms in total. The van der Waals surface area contributed by atoms with E-state index in [4.69, 9.17) is 9.47 Å². The second kappa shape index (κ2) is 11.3. The van der Waals surface area contributed by atoms with Gasteiger partial charge in [-0.15, -0.1) is 0 Å². The summed E-state index contributed by atoms with van der Waals surface area (Å²) in [4.78, 5) is 5.07. The third-order valence-corrected chi connectivity index (χ3v) is 3.82. The van der Waals surface area contributed by atoms with Gasteiger partial charge in [-0.25, -0.2) is 0 Å². The number of hydrogen-bond donors (Lipinski definition) is 0. The topological polar surface area (TPSA) is 24.9 Å². The molecule has 0 aromatic carbocycles. The van der Waals surface area contributed by atoms with Gasteiger partial charge in [-0.1, -0.05) is 19.1 Å². The van der Waals surface area contributed by atoms with Crippen LogP contribution in [0.25, 0.3) is 0 Å². The summed E-state index contributed by atoms with van der Waals surface area (Å²) < 4.78 is 10.5. The Balaban J connectivity index is 2.19. The summed E-state index contributed by atoms with van der Waals surface area (Å²) in [6.45, 7) is 15.8. The molecule has 1 aliphatic heterocycles. The second-order valence-corrected chi connectivity index (χ2v) is 5.54. The first-order valence-corrected chi connectivity index (χ1v) is 7.94. The summed E-state index contributed by atoms with van der Waals surface area (Å²) in [5, 5.41) is 0. The molecule has 0 aromatic heterocycles. The van der Waals surface area contributed by atoms with Crippen molar-refractivity contribution < 1.29 is 9.47 Å². The molecule has 1 saturated heterocycles. The normalized spacial score (nSPS) is 16.8. The third-order valence-electron chi connectivity index (χ3n) is 3.82. The minimum Gasteiger partial charge on any atom is -0.384 e. The smallest absolute Gasteiger partial charge is 0.0594 e. The minimum absolute atomic E-state index is 0.792. The Morgan fingerprint density at radius 3 is 2.60 bits per heavy atom. The lowest BCUT2D eigenvalue weighted by Crippen LogP contribution is -2.41. The predicted molar refractivity (Wildman–Crippen MR) is 84.2 cm³/mol. The van der Waals surface area contributed by atoms with Crippen LogP contribution < -0.4 is 0 Å². The van der Waals surface area contributed by atoms with Gasteiger partial charge < -0.3 is 14.4 Å². The molecule has 0 unspecified atom stereocenters. The zero-order chi connectivity index (χ0) is 14.6. The van der Waals surface area contributed by atoms with Crippen molar-refractivity contribution >= 4 is 0 Å². The molecule has 1 aliphatic rings. The first-order valence-electron chi connectivity index (χ1n) is 7.94. The van der Waals surface area contributed by atoms with E-state index in [0.29, 0.717) is 0 Å². The van der Waals surface area contributed by atoms with Crippen molar-refractivity contribution in [2.75, 3.05) is 66.2 Å². The lowest BCUT2D eigenvalue weighted by Gasteiger charge is -2.30. The first-order chi connectivity index (χ1) is 9.76. The zero-order valence-electron chi connectivity index (χ0n) is 13.4. The third kappa shape index (κ3) is 8.00. The van der Waals surface area contributed by atoms with Gasteiger partial charge in [0.15, 0.2) is 0 Å². The maximum Gasteiger partial charge on any atom is 0.0594 e. The molecule has 1 fully saturated rings. The summed E-state index contributed by atoms with van der Waals surface area (Å²) in [5.74, 6) is 0. The standard InChI is InChI=1S/C16H32N2O2/c1-4-7-17(8-5-16(2)6-13-19-3)9-10-18-11-14-20-15-12-18/h2,4-15H2,1,3H3. The molecule has 0 saturated carbocycles. The van der Waals surface area contributed by atoms with Crippen molar-refractivity contribution in [1.82, 2.24) is 9.80 Å². The van der Waals surface area contributed by atoms with Gasteiger partial charge in [-0.3, -0.25) is 4.90 Å². The monoisotopic (exact) mass is 284 g/mol. The van der Waals surface area contributed by atoms with Crippen LogP contribution in [0.2, 0.25) is 0 Å². The molecule has 0 spiro atoms. The average Bonchev–Trinajstić information content (AvgIpc) is 2.49. The fraction of sp³-hybridized carbons (Fsp3) is 0.875. The maximum atomic E-state index is 5.39. The lowest BCUT2D eigenvalue weighted by molar-refractivity contribution is 0.0334. The Morgan fingerprint density at radius 2 is 1.95 bits per heavy atom. The Bertz CT molecular complexity index is 253. The van der Waals surface area contributed by atoms with E-state index in [-0.39, 0.29) is 0 Å². The van der Waals surface area contributed by atoms with Gasteiger partial charge in [0.2, 0.25) is 0 Å². The van der Waals surface area contributed by atoms with Gasteiger partial charge >= 0.3 is 0 Å². The van der Waals surface area contributed by atoms with Crippen molar-refractivity contribution in [2.45, 2.75) is 26.2 Å². The van der Waals surface area contributed by atoms with E-state index in [1.165, 1.54) is 18.5 Å². The van der Waals surface area contributed by atoms with Crippen molar-refractivity contribution in [3.63, 3.8) is 0 Å². The molecule has 0 aliphatic carbocycles. The van der Waals surface area contributed by atoms with Crippen molar-refractivity contribution in [2.24, 2.45) is 0 Å². The fourth-order valence-corrected chi connectivity index (χ4v) is 2.45. The first kappa shape index (κ1) is 17.6. The van der Waals surface area contributed by atoms with Crippen LogP contribution >= 0.6 is 0 Å². The van der Waals surface area contributed by atoms with Crippen LogP contribution in [0, 0.1) is 0 Å². The highest BCUT2D eigenvalue weighted by Gasteiger charge is 2.12. The molecule has 0 radical (unpaired) electrons. The Labute approximate surface area is 124 Å². The highest BCUT2D eigenvalue weighted by atomic mass is 16.5. The highest BCUT2D eigenvalue weighted by molar-refractivity contribution is 4.94. The van der Waals surface area contributed by atoms with Crippen LogP contribution in [0.5, 0.6) is 0 Å².